The summed E-state index contributed by atoms with van der Waals surface area (Å²) < 4.78 is 38.9. The van der Waals surface area contributed by atoms with Crippen LogP contribution in [0.15, 0.2) is 42.6 Å². The third-order valence-electron chi connectivity index (χ3n) is 6.91. The topological polar surface area (TPSA) is 103 Å². The molecule has 0 aliphatic carbocycles. The van der Waals surface area contributed by atoms with Gasteiger partial charge in [-0.2, -0.15) is 8.78 Å². The number of imidazole rings is 1. The second-order valence-corrected chi connectivity index (χ2v) is 9.30. The van der Waals surface area contributed by atoms with Crippen LogP contribution < -0.4 is 9.47 Å². The number of halogens is 2. The molecule has 2 aliphatic heterocycles. The number of nitrogens with zero attached hydrogens (tertiary/aromatic N) is 5. The summed E-state index contributed by atoms with van der Waals surface area (Å²) in [4.78, 5) is 28.0. The standard InChI is InChI=1S/C26H23F2N5O4.C2H6/c1-32(2)18-9-17(22-13(11-34)4-3-5-20(22)37-26(27)28)33-24-16(31-25(18)33)7-6-15(30-24)14-8-21-23(29-10-14)19(35)12-36-21;1-2/h3-8,10-11,17-19,26,35H,9,12H2,1-2H3;1-2H3. The Morgan fingerprint density at radius 2 is 2.00 bits per heavy atom. The van der Waals surface area contributed by atoms with E-state index in [1.165, 1.54) is 12.1 Å². The molecule has 0 fully saturated rings. The predicted octanol–water partition coefficient (Wildman–Crippen LogP) is 4.96. The fraction of sp³-hybridized carbons (Fsp3) is 0.357. The molecule has 9 nitrogen and oxygen atoms in total. The number of aliphatic hydroxyl groups excluding tert-OH is 1. The number of fused-ring (bicyclic) bond motifs is 4. The van der Waals surface area contributed by atoms with Gasteiger partial charge >= 0.3 is 6.61 Å². The first-order valence-electron chi connectivity index (χ1n) is 12.7. The number of carbonyl (C=O) groups excluding carboxylic acids is 1. The van der Waals surface area contributed by atoms with Crippen LogP contribution in [0.25, 0.3) is 22.4 Å². The summed E-state index contributed by atoms with van der Waals surface area (Å²) >= 11 is 0. The molecule has 0 bridgehead atoms. The first kappa shape index (κ1) is 26.6. The van der Waals surface area contributed by atoms with Gasteiger partial charge in [-0.15, -0.1) is 0 Å². The number of hydrogen-bond donors (Lipinski definition) is 1. The van der Waals surface area contributed by atoms with E-state index in [0.717, 1.165) is 5.82 Å². The monoisotopic (exact) mass is 537 g/mol. The highest BCUT2D eigenvalue weighted by molar-refractivity contribution is 5.81. The minimum absolute atomic E-state index is 0.0495. The van der Waals surface area contributed by atoms with Gasteiger partial charge in [-0.05, 0) is 44.8 Å². The van der Waals surface area contributed by atoms with Gasteiger partial charge < -0.3 is 19.1 Å². The van der Waals surface area contributed by atoms with Crippen molar-refractivity contribution in [2.75, 3.05) is 20.7 Å². The number of alkyl halides is 2. The van der Waals surface area contributed by atoms with Crippen LogP contribution in [-0.4, -0.2) is 63.1 Å². The van der Waals surface area contributed by atoms with Crippen LogP contribution in [-0.2, 0) is 0 Å². The fourth-order valence-electron chi connectivity index (χ4n) is 5.23. The Labute approximate surface area is 224 Å². The van der Waals surface area contributed by atoms with Crippen molar-refractivity contribution in [1.82, 2.24) is 24.4 Å². The summed E-state index contributed by atoms with van der Waals surface area (Å²) in [6.45, 7) is 1.12. The second-order valence-electron chi connectivity index (χ2n) is 9.30. The number of carbonyl (C=O) groups is 1. The van der Waals surface area contributed by atoms with E-state index in [4.69, 9.17) is 19.4 Å². The number of aromatic nitrogens is 4. The molecule has 0 saturated carbocycles. The Kier molecular flexibility index (Phi) is 7.28. The van der Waals surface area contributed by atoms with Crippen LogP contribution in [0.5, 0.6) is 11.5 Å². The summed E-state index contributed by atoms with van der Waals surface area (Å²) in [6, 6.07) is 9.35. The van der Waals surface area contributed by atoms with Gasteiger partial charge in [-0.3, -0.25) is 14.7 Å². The first-order chi connectivity index (χ1) is 18.9. The molecule has 4 aromatic rings. The molecule has 11 heteroatoms. The highest BCUT2D eigenvalue weighted by atomic mass is 19.3. The number of pyridine rings is 2. The smallest absolute Gasteiger partial charge is 0.387 e. The van der Waals surface area contributed by atoms with Crippen molar-refractivity contribution in [3.8, 4) is 22.8 Å². The number of benzene rings is 1. The van der Waals surface area contributed by atoms with Gasteiger partial charge in [0.15, 0.2) is 11.9 Å². The molecule has 0 spiro atoms. The number of hydrogen-bond acceptors (Lipinski definition) is 8. The molecule has 3 unspecified atom stereocenters. The average Bonchev–Trinajstić information content (AvgIpc) is 3.61. The maximum atomic E-state index is 13.3. The Morgan fingerprint density at radius 1 is 1.21 bits per heavy atom. The Hall–Kier alpha value is -3.96. The van der Waals surface area contributed by atoms with Crippen LogP contribution in [0.3, 0.4) is 0 Å². The maximum absolute atomic E-state index is 13.3. The van der Waals surface area contributed by atoms with Gasteiger partial charge in [0.1, 0.15) is 41.2 Å². The molecule has 2 aliphatic rings. The zero-order chi connectivity index (χ0) is 27.8. The zero-order valence-electron chi connectivity index (χ0n) is 22.0. The number of aliphatic hydroxyl groups is 1. The van der Waals surface area contributed by atoms with Crippen LogP contribution >= 0.6 is 0 Å². The SMILES string of the molecule is CC.CN(C)C1CC(c2c(C=O)cccc2OC(F)F)n2c1nc1ccc(-c3cnc4c(c3)OCC4O)nc12. The molecule has 204 valence electrons. The van der Waals surface area contributed by atoms with E-state index >= 15 is 0 Å². The van der Waals surface area contributed by atoms with E-state index in [0.29, 0.717) is 52.1 Å². The van der Waals surface area contributed by atoms with E-state index in [-0.39, 0.29) is 24.0 Å². The highest BCUT2D eigenvalue weighted by Gasteiger charge is 2.39. The summed E-state index contributed by atoms with van der Waals surface area (Å²) in [5.41, 5.74) is 3.61. The molecule has 39 heavy (non-hydrogen) atoms. The minimum atomic E-state index is -3.04. The summed E-state index contributed by atoms with van der Waals surface area (Å²) in [6.07, 6.45) is 2.01. The minimum Gasteiger partial charge on any atom is -0.488 e. The van der Waals surface area contributed by atoms with Gasteiger partial charge in [-0.1, -0.05) is 26.0 Å². The first-order valence-corrected chi connectivity index (χ1v) is 12.7. The average molecular weight is 538 g/mol. The van der Waals surface area contributed by atoms with Crippen LogP contribution in [0.4, 0.5) is 8.78 Å². The third kappa shape index (κ3) is 4.61. The van der Waals surface area contributed by atoms with E-state index in [1.807, 2.05) is 49.5 Å². The quantitative estimate of drug-likeness (QED) is 0.345. The van der Waals surface area contributed by atoms with Gasteiger partial charge in [0.25, 0.3) is 0 Å². The van der Waals surface area contributed by atoms with E-state index in [2.05, 4.69) is 4.98 Å². The fourth-order valence-corrected chi connectivity index (χ4v) is 5.23. The van der Waals surface area contributed by atoms with Gasteiger partial charge in [0.05, 0.1) is 17.8 Å². The summed E-state index contributed by atoms with van der Waals surface area (Å²) in [5.74, 6) is 1.17. The number of aldehydes is 1. The molecule has 5 heterocycles. The normalized spacial score (nSPS) is 19.5. The predicted molar refractivity (Wildman–Crippen MR) is 140 cm³/mol. The van der Waals surface area contributed by atoms with Gasteiger partial charge in [-0.25, -0.2) is 9.97 Å². The van der Waals surface area contributed by atoms with Crippen molar-refractivity contribution in [1.29, 1.82) is 0 Å². The zero-order valence-corrected chi connectivity index (χ0v) is 22.0. The molecular formula is C28H29F2N5O4. The van der Waals surface area contributed by atoms with Crippen LogP contribution in [0.1, 0.15) is 65.9 Å². The van der Waals surface area contributed by atoms with Crippen molar-refractivity contribution < 1.29 is 28.2 Å². The molecule has 1 N–H and O–H groups in total. The third-order valence-corrected chi connectivity index (χ3v) is 6.91. The van der Waals surface area contributed by atoms with Crippen molar-refractivity contribution in [2.45, 2.75) is 45.1 Å². The lowest BCUT2D eigenvalue weighted by Gasteiger charge is -2.21. The lowest BCUT2D eigenvalue weighted by atomic mass is 9.96. The van der Waals surface area contributed by atoms with Crippen LogP contribution in [0.2, 0.25) is 0 Å². The second kappa shape index (κ2) is 10.7. The summed E-state index contributed by atoms with van der Waals surface area (Å²) in [7, 11) is 3.84. The molecule has 3 aromatic heterocycles. The molecule has 0 radical (unpaired) electrons. The molecule has 1 aromatic carbocycles. The van der Waals surface area contributed by atoms with Gasteiger partial charge in [0.2, 0.25) is 0 Å². The maximum Gasteiger partial charge on any atom is 0.387 e. The number of rotatable bonds is 6. The van der Waals surface area contributed by atoms with Crippen molar-refractivity contribution in [3.05, 3.63) is 65.2 Å². The van der Waals surface area contributed by atoms with E-state index in [1.54, 1.807) is 18.3 Å². The van der Waals surface area contributed by atoms with E-state index in [9.17, 15) is 18.7 Å². The lowest BCUT2D eigenvalue weighted by Crippen LogP contribution is -2.18. The Bertz CT molecular complexity index is 1520. The van der Waals surface area contributed by atoms with Crippen LogP contribution in [0, 0.1) is 0 Å². The summed E-state index contributed by atoms with van der Waals surface area (Å²) in [5, 5.41) is 9.99. The molecule has 0 amide bonds. The van der Waals surface area contributed by atoms with E-state index < -0.39 is 18.8 Å². The highest BCUT2D eigenvalue weighted by Crippen LogP contribution is 2.46. The van der Waals surface area contributed by atoms with Crippen molar-refractivity contribution in [2.24, 2.45) is 0 Å². The van der Waals surface area contributed by atoms with Crippen molar-refractivity contribution >= 4 is 17.5 Å². The Morgan fingerprint density at radius 3 is 2.72 bits per heavy atom. The Balaban J connectivity index is 0.00000151. The van der Waals surface area contributed by atoms with Crippen molar-refractivity contribution in [3.63, 3.8) is 0 Å². The molecule has 6 rings (SSSR count). The lowest BCUT2D eigenvalue weighted by molar-refractivity contribution is -0.0507. The van der Waals surface area contributed by atoms with Gasteiger partial charge in [0, 0.05) is 22.9 Å². The molecule has 3 atom stereocenters. The largest absolute Gasteiger partial charge is 0.488 e. The number of ether oxygens (including phenoxy) is 2. The molecule has 0 saturated heterocycles. The molecular weight excluding hydrogens is 508 g/mol.